The molecule has 0 radical (unpaired) electrons. The van der Waals surface area contributed by atoms with Gasteiger partial charge in [0.15, 0.2) is 0 Å². The Kier molecular flexibility index (Phi) is 4.73. The highest BCUT2D eigenvalue weighted by Gasteiger charge is 2.19. The number of nitrogens with two attached hydrogens (primary N) is 1. The third kappa shape index (κ3) is 3.61. The number of nitrogens with zero attached hydrogens (tertiary/aromatic N) is 2. The number of rotatable bonds is 5. The average molecular weight is 234 g/mol. The summed E-state index contributed by atoms with van der Waals surface area (Å²) in [6.07, 6.45) is 9.85. The quantitative estimate of drug-likeness (QED) is 0.721. The normalized spacial score (nSPS) is 13.8. The van der Waals surface area contributed by atoms with Crippen molar-refractivity contribution >= 4 is 5.91 Å². The van der Waals surface area contributed by atoms with E-state index in [0.29, 0.717) is 12.0 Å². The summed E-state index contributed by atoms with van der Waals surface area (Å²) in [5, 5.41) is 6.81. The Balaban J connectivity index is 2.61. The summed E-state index contributed by atoms with van der Waals surface area (Å²) in [5.41, 5.74) is 6.53. The van der Waals surface area contributed by atoms with E-state index in [9.17, 15) is 4.79 Å². The number of hydrogen-bond donors (Lipinski definition) is 2. The number of hydrogen-bond acceptors (Lipinski definition) is 3. The van der Waals surface area contributed by atoms with Crippen LogP contribution < -0.4 is 11.1 Å². The molecule has 2 unspecified atom stereocenters. The van der Waals surface area contributed by atoms with Crippen LogP contribution in [0.2, 0.25) is 0 Å². The molecule has 5 nitrogen and oxygen atoms in total. The molecule has 0 aliphatic carbocycles. The molecule has 3 N–H and O–H groups in total. The summed E-state index contributed by atoms with van der Waals surface area (Å²) in [5.74, 6) is 2.31. The number of aryl methyl sites for hydroxylation is 1. The van der Waals surface area contributed by atoms with Gasteiger partial charge < -0.3 is 11.1 Å². The average Bonchev–Trinajstić information content (AvgIpc) is 2.74. The van der Waals surface area contributed by atoms with Crippen molar-refractivity contribution in [3.05, 3.63) is 18.0 Å². The van der Waals surface area contributed by atoms with Gasteiger partial charge in [0.25, 0.3) is 0 Å². The largest absolute Gasteiger partial charge is 0.351 e. The minimum Gasteiger partial charge on any atom is -0.351 e. The van der Waals surface area contributed by atoms with Crippen LogP contribution in [0.4, 0.5) is 0 Å². The Labute approximate surface area is 101 Å². The lowest BCUT2D eigenvalue weighted by atomic mass is 10.1. The Morgan fingerprint density at radius 1 is 1.76 bits per heavy atom. The number of carbonyl (C=O) groups excluding carboxylic acids is 1. The zero-order chi connectivity index (χ0) is 12.8. The molecule has 0 saturated heterocycles. The van der Waals surface area contributed by atoms with Crippen molar-refractivity contribution in [3.63, 3.8) is 0 Å². The van der Waals surface area contributed by atoms with Gasteiger partial charge in [-0.05, 0) is 6.42 Å². The number of amides is 1. The van der Waals surface area contributed by atoms with Crippen molar-refractivity contribution in [2.75, 3.05) is 0 Å². The highest BCUT2D eigenvalue weighted by atomic mass is 16.2. The summed E-state index contributed by atoms with van der Waals surface area (Å²) < 4.78 is 1.61. The fourth-order valence-corrected chi connectivity index (χ4v) is 1.48. The lowest BCUT2D eigenvalue weighted by Gasteiger charge is -2.17. The predicted octanol–water partition coefficient (Wildman–Crippen LogP) is 0.338. The van der Waals surface area contributed by atoms with Crippen LogP contribution in [0.1, 0.15) is 31.4 Å². The van der Waals surface area contributed by atoms with Gasteiger partial charge in [-0.3, -0.25) is 9.48 Å². The lowest BCUT2D eigenvalue weighted by molar-refractivity contribution is -0.123. The van der Waals surface area contributed by atoms with Gasteiger partial charge in [0.2, 0.25) is 5.91 Å². The lowest BCUT2D eigenvalue weighted by Crippen LogP contribution is -2.40. The topological polar surface area (TPSA) is 72.9 Å². The molecular weight excluding hydrogens is 216 g/mol. The maximum Gasteiger partial charge on any atom is 0.241 e. The predicted molar refractivity (Wildman–Crippen MR) is 65.8 cm³/mol. The summed E-state index contributed by atoms with van der Waals surface area (Å²) >= 11 is 0. The van der Waals surface area contributed by atoms with Crippen molar-refractivity contribution in [3.8, 4) is 12.3 Å². The van der Waals surface area contributed by atoms with E-state index >= 15 is 0 Å². The number of nitrogens with one attached hydrogen (secondary N) is 1. The van der Waals surface area contributed by atoms with Crippen molar-refractivity contribution < 1.29 is 4.79 Å². The Hall–Kier alpha value is -1.80. The Morgan fingerprint density at radius 3 is 2.94 bits per heavy atom. The van der Waals surface area contributed by atoms with E-state index in [-0.39, 0.29) is 11.9 Å². The minimum atomic E-state index is -0.699. The summed E-state index contributed by atoms with van der Waals surface area (Å²) in [4.78, 5) is 11.9. The van der Waals surface area contributed by atoms with Crippen molar-refractivity contribution in [1.82, 2.24) is 15.1 Å². The van der Waals surface area contributed by atoms with E-state index in [4.69, 9.17) is 12.2 Å². The number of terminal acetylenes is 1. The Morgan fingerprint density at radius 2 is 2.47 bits per heavy atom. The molecule has 1 heterocycles. The van der Waals surface area contributed by atoms with E-state index in [1.807, 2.05) is 6.92 Å². The van der Waals surface area contributed by atoms with Gasteiger partial charge in [0, 0.05) is 31.3 Å². The summed E-state index contributed by atoms with van der Waals surface area (Å²) in [7, 11) is 1.78. The minimum absolute atomic E-state index is 0.0183. The third-order valence-electron chi connectivity index (χ3n) is 2.57. The van der Waals surface area contributed by atoms with Crippen LogP contribution >= 0.6 is 0 Å². The molecule has 0 aliphatic heterocycles. The summed E-state index contributed by atoms with van der Waals surface area (Å²) in [6.45, 7) is 1.97. The van der Waals surface area contributed by atoms with Crippen LogP contribution in [-0.4, -0.2) is 21.7 Å². The number of aromatic nitrogens is 2. The van der Waals surface area contributed by atoms with Gasteiger partial charge in [0.1, 0.15) is 6.04 Å². The first-order valence-electron chi connectivity index (χ1n) is 5.56. The molecule has 1 aromatic rings. The second kappa shape index (κ2) is 6.06. The van der Waals surface area contributed by atoms with Crippen LogP contribution in [0, 0.1) is 12.3 Å². The van der Waals surface area contributed by atoms with Crippen LogP contribution in [0.3, 0.4) is 0 Å². The maximum absolute atomic E-state index is 11.9. The molecule has 0 spiro atoms. The fraction of sp³-hybridized carbons (Fsp3) is 0.500. The molecule has 0 aromatic carbocycles. The van der Waals surface area contributed by atoms with Crippen molar-refractivity contribution in [1.29, 1.82) is 0 Å². The van der Waals surface area contributed by atoms with Gasteiger partial charge in [-0.25, -0.2) is 0 Å². The summed E-state index contributed by atoms with van der Waals surface area (Å²) in [6, 6.07) is -0.717. The first kappa shape index (κ1) is 13.3. The number of carbonyl (C=O) groups is 1. The van der Waals surface area contributed by atoms with Crippen LogP contribution in [0.25, 0.3) is 0 Å². The molecular formula is C12H18N4O. The molecule has 0 bridgehead atoms. The van der Waals surface area contributed by atoms with E-state index in [1.54, 1.807) is 24.1 Å². The van der Waals surface area contributed by atoms with Crippen molar-refractivity contribution in [2.24, 2.45) is 12.8 Å². The maximum atomic E-state index is 11.9. The molecule has 0 saturated carbocycles. The SMILES string of the molecule is C#CCC(CC)NC(=O)C(N)c1cnn(C)c1. The second-order valence-corrected chi connectivity index (χ2v) is 3.95. The van der Waals surface area contributed by atoms with Gasteiger partial charge >= 0.3 is 0 Å². The van der Waals surface area contributed by atoms with Crippen LogP contribution in [0.5, 0.6) is 0 Å². The third-order valence-corrected chi connectivity index (χ3v) is 2.57. The second-order valence-electron chi connectivity index (χ2n) is 3.95. The molecule has 1 aromatic heterocycles. The molecule has 2 atom stereocenters. The highest BCUT2D eigenvalue weighted by molar-refractivity contribution is 5.83. The van der Waals surface area contributed by atoms with E-state index in [1.165, 1.54) is 0 Å². The first-order chi connectivity index (χ1) is 8.08. The zero-order valence-corrected chi connectivity index (χ0v) is 10.2. The molecule has 0 fully saturated rings. The smallest absolute Gasteiger partial charge is 0.241 e. The monoisotopic (exact) mass is 234 g/mol. The van der Waals surface area contributed by atoms with E-state index in [0.717, 1.165) is 6.42 Å². The van der Waals surface area contributed by atoms with Crippen LogP contribution in [-0.2, 0) is 11.8 Å². The van der Waals surface area contributed by atoms with E-state index < -0.39 is 6.04 Å². The van der Waals surface area contributed by atoms with Gasteiger partial charge in [-0.15, -0.1) is 12.3 Å². The van der Waals surface area contributed by atoms with Gasteiger partial charge in [-0.2, -0.15) is 5.10 Å². The van der Waals surface area contributed by atoms with Crippen molar-refractivity contribution in [2.45, 2.75) is 31.8 Å². The fourth-order valence-electron chi connectivity index (χ4n) is 1.48. The zero-order valence-electron chi connectivity index (χ0n) is 10.2. The molecule has 0 aliphatic rings. The van der Waals surface area contributed by atoms with E-state index in [2.05, 4.69) is 16.3 Å². The highest BCUT2D eigenvalue weighted by Crippen LogP contribution is 2.09. The standard InChI is InChI=1S/C12H18N4O/c1-4-6-10(5-2)15-12(17)11(13)9-7-14-16(3)8-9/h1,7-8,10-11H,5-6,13H2,2-3H3,(H,15,17). The first-order valence-corrected chi connectivity index (χ1v) is 5.56. The molecule has 1 rings (SSSR count). The van der Waals surface area contributed by atoms with Crippen LogP contribution in [0.15, 0.2) is 12.4 Å². The molecule has 17 heavy (non-hydrogen) atoms. The van der Waals surface area contributed by atoms with Gasteiger partial charge in [0.05, 0.1) is 6.20 Å². The Bertz CT molecular complexity index is 418. The molecule has 1 amide bonds. The molecule has 5 heteroatoms. The van der Waals surface area contributed by atoms with Gasteiger partial charge in [-0.1, -0.05) is 6.92 Å². The molecule has 92 valence electrons.